The molecule has 0 radical (unpaired) electrons. The molecule has 8 nitrogen and oxygen atoms in total. The molecule has 5 fully saturated rings. The van der Waals surface area contributed by atoms with Crippen molar-refractivity contribution < 1.29 is 14.5 Å². The van der Waals surface area contributed by atoms with Gasteiger partial charge in [0.15, 0.2) is 4.32 Å². The SMILES string of the molecule is O=C1/C(=C/c2cccn2-c2cccc([N+](=O)[O-])c2)SC(=S)N1NC(=O)C12CC3CC(CC(C3)C1)C2. The van der Waals surface area contributed by atoms with Crippen LogP contribution in [0, 0.1) is 33.3 Å². The molecule has 1 aliphatic heterocycles. The molecule has 1 aromatic carbocycles. The molecule has 1 aromatic heterocycles. The Hall–Kier alpha value is -2.98. The molecule has 2 heterocycles. The lowest BCUT2D eigenvalue weighted by Crippen LogP contribution is -2.57. The van der Waals surface area contributed by atoms with Crippen LogP contribution in [0.2, 0.25) is 0 Å². The molecular formula is C25H24N4O4S2. The van der Waals surface area contributed by atoms with Crippen molar-refractivity contribution in [2.75, 3.05) is 0 Å². The highest BCUT2D eigenvalue weighted by atomic mass is 32.2. The predicted octanol–water partition coefficient (Wildman–Crippen LogP) is 4.83. The van der Waals surface area contributed by atoms with E-state index in [1.807, 2.05) is 6.07 Å². The van der Waals surface area contributed by atoms with Crippen molar-refractivity contribution in [2.45, 2.75) is 38.5 Å². The summed E-state index contributed by atoms with van der Waals surface area (Å²) >= 11 is 6.60. The number of hydrogen-bond acceptors (Lipinski definition) is 6. The third kappa shape index (κ3) is 3.88. The van der Waals surface area contributed by atoms with Gasteiger partial charge in [0.2, 0.25) is 5.91 Å². The maximum atomic E-state index is 13.4. The molecule has 10 heteroatoms. The molecule has 1 N–H and O–H groups in total. The summed E-state index contributed by atoms with van der Waals surface area (Å²) in [5, 5.41) is 12.4. The van der Waals surface area contributed by atoms with Gasteiger partial charge >= 0.3 is 0 Å². The van der Waals surface area contributed by atoms with Crippen LogP contribution >= 0.6 is 24.0 Å². The summed E-state index contributed by atoms with van der Waals surface area (Å²) in [7, 11) is 0. The number of aromatic nitrogens is 1. The first kappa shape index (κ1) is 22.5. The fourth-order valence-electron chi connectivity index (χ4n) is 6.81. The molecule has 35 heavy (non-hydrogen) atoms. The van der Waals surface area contributed by atoms with Crippen LogP contribution in [0.5, 0.6) is 0 Å². The first-order valence-corrected chi connectivity index (χ1v) is 13.0. The molecule has 0 spiro atoms. The number of nitro groups is 1. The largest absolute Gasteiger partial charge is 0.317 e. The second-order valence-electron chi connectivity index (χ2n) is 10.2. The smallest absolute Gasteiger partial charge is 0.285 e. The molecule has 2 amide bonds. The van der Waals surface area contributed by atoms with Gasteiger partial charge in [-0.2, -0.15) is 5.01 Å². The standard InChI is InChI=1S/C25H24N4O4S2/c30-22-21(11-19-5-2-6-27(19)18-3-1-4-20(10-18)29(32)33)35-24(34)28(22)26-23(31)25-12-15-7-16(13-25)9-17(8-15)14-25/h1-6,10-11,15-17H,7-9,12-14H2,(H,26,31)/b21-11-. The van der Waals surface area contributed by atoms with Crippen LogP contribution in [-0.4, -0.2) is 30.6 Å². The number of hydrogen-bond donors (Lipinski definition) is 1. The number of thioether (sulfide) groups is 1. The number of non-ortho nitro benzene ring substituents is 1. The van der Waals surface area contributed by atoms with Gasteiger partial charge in [-0.1, -0.05) is 17.8 Å². The van der Waals surface area contributed by atoms with Gasteiger partial charge < -0.3 is 4.57 Å². The van der Waals surface area contributed by atoms with Crippen LogP contribution in [0.4, 0.5) is 5.69 Å². The highest BCUT2D eigenvalue weighted by Crippen LogP contribution is 2.60. The Morgan fingerprint density at radius 2 is 1.83 bits per heavy atom. The summed E-state index contributed by atoms with van der Waals surface area (Å²) < 4.78 is 2.07. The Labute approximate surface area is 211 Å². The maximum absolute atomic E-state index is 13.4. The zero-order chi connectivity index (χ0) is 24.3. The van der Waals surface area contributed by atoms with Crippen molar-refractivity contribution in [1.29, 1.82) is 0 Å². The quantitative estimate of drug-likeness (QED) is 0.269. The monoisotopic (exact) mass is 508 g/mol. The number of hydrazine groups is 1. The predicted molar refractivity (Wildman–Crippen MR) is 136 cm³/mol. The van der Waals surface area contributed by atoms with E-state index in [2.05, 4.69) is 5.43 Å². The minimum atomic E-state index is -0.440. The van der Waals surface area contributed by atoms with Crippen molar-refractivity contribution in [3.05, 3.63) is 63.3 Å². The molecule has 180 valence electrons. The van der Waals surface area contributed by atoms with Crippen LogP contribution in [0.15, 0.2) is 47.5 Å². The Morgan fingerprint density at radius 1 is 1.14 bits per heavy atom. The molecule has 5 aliphatic rings. The second kappa shape index (κ2) is 8.30. The minimum absolute atomic E-state index is 0.0131. The van der Waals surface area contributed by atoms with E-state index >= 15 is 0 Å². The van der Waals surface area contributed by atoms with E-state index in [1.165, 1.54) is 36.4 Å². The Kier molecular flexibility index (Phi) is 5.33. The lowest BCUT2D eigenvalue weighted by molar-refractivity contribution is -0.384. The Balaban J connectivity index is 1.22. The molecule has 4 bridgehead atoms. The highest BCUT2D eigenvalue weighted by Gasteiger charge is 2.55. The van der Waals surface area contributed by atoms with Crippen molar-refractivity contribution in [1.82, 2.24) is 15.0 Å². The molecule has 0 atom stereocenters. The van der Waals surface area contributed by atoms with Gasteiger partial charge in [0.05, 0.1) is 20.9 Å². The summed E-state index contributed by atoms with van der Waals surface area (Å²) in [6.45, 7) is 0. The molecule has 1 saturated heterocycles. The zero-order valence-corrected chi connectivity index (χ0v) is 20.5. The third-order valence-electron chi connectivity index (χ3n) is 7.90. The van der Waals surface area contributed by atoms with Gasteiger partial charge in [-0.25, -0.2) is 0 Å². The molecule has 4 aliphatic carbocycles. The number of carbonyl (C=O) groups is 2. The fourth-order valence-corrected chi connectivity index (χ4v) is 7.97. The number of nitrogens with zero attached hydrogens (tertiary/aromatic N) is 3. The van der Waals surface area contributed by atoms with Crippen molar-refractivity contribution in [2.24, 2.45) is 23.2 Å². The number of benzene rings is 1. The van der Waals surface area contributed by atoms with Crippen LogP contribution in [0.1, 0.15) is 44.2 Å². The number of rotatable bonds is 5. The zero-order valence-electron chi connectivity index (χ0n) is 18.9. The Bertz CT molecular complexity index is 1260. The molecule has 4 saturated carbocycles. The van der Waals surface area contributed by atoms with E-state index in [4.69, 9.17) is 12.2 Å². The topological polar surface area (TPSA) is 97.5 Å². The number of nitrogens with one attached hydrogen (secondary N) is 1. The average Bonchev–Trinajstić information content (AvgIpc) is 3.38. The van der Waals surface area contributed by atoms with Crippen molar-refractivity contribution in [3.63, 3.8) is 0 Å². The minimum Gasteiger partial charge on any atom is -0.317 e. The number of amides is 2. The lowest BCUT2D eigenvalue weighted by atomic mass is 9.49. The van der Waals surface area contributed by atoms with Gasteiger partial charge in [0, 0.05) is 24.0 Å². The molecule has 0 unspecified atom stereocenters. The van der Waals surface area contributed by atoms with E-state index in [1.54, 1.807) is 35.0 Å². The summed E-state index contributed by atoms with van der Waals surface area (Å²) in [5.74, 6) is 1.44. The first-order valence-electron chi connectivity index (χ1n) is 11.8. The maximum Gasteiger partial charge on any atom is 0.285 e. The Morgan fingerprint density at radius 3 is 2.49 bits per heavy atom. The summed E-state index contributed by atoms with van der Waals surface area (Å²) in [6, 6.07) is 9.93. The van der Waals surface area contributed by atoms with Crippen LogP contribution < -0.4 is 5.43 Å². The van der Waals surface area contributed by atoms with Gasteiger partial charge in [0.1, 0.15) is 0 Å². The number of thiocarbonyl (C=S) groups is 1. The molecule has 7 rings (SSSR count). The van der Waals surface area contributed by atoms with E-state index in [9.17, 15) is 19.7 Å². The number of carbonyl (C=O) groups excluding carboxylic acids is 2. The molecule has 2 aromatic rings. The van der Waals surface area contributed by atoms with Gasteiger partial charge in [-0.15, -0.1) is 0 Å². The van der Waals surface area contributed by atoms with E-state index < -0.39 is 4.92 Å². The van der Waals surface area contributed by atoms with Gasteiger partial charge in [-0.3, -0.25) is 25.1 Å². The number of nitro benzene ring substituents is 1. The van der Waals surface area contributed by atoms with E-state index in [0.717, 1.165) is 31.0 Å². The normalized spacial score (nSPS) is 30.3. The van der Waals surface area contributed by atoms with Crippen LogP contribution in [0.25, 0.3) is 11.8 Å². The first-order chi connectivity index (χ1) is 16.8. The van der Waals surface area contributed by atoms with Crippen LogP contribution in [0.3, 0.4) is 0 Å². The van der Waals surface area contributed by atoms with Gasteiger partial charge in [0.25, 0.3) is 11.6 Å². The van der Waals surface area contributed by atoms with E-state index in [-0.39, 0.29) is 22.9 Å². The summed E-state index contributed by atoms with van der Waals surface area (Å²) in [4.78, 5) is 37.8. The summed E-state index contributed by atoms with van der Waals surface area (Å²) in [5.41, 5.74) is 3.77. The van der Waals surface area contributed by atoms with E-state index in [0.29, 0.717) is 38.4 Å². The molecular weight excluding hydrogens is 484 g/mol. The summed E-state index contributed by atoms with van der Waals surface area (Å²) in [6.07, 6.45) is 9.92. The second-order valence-corrected chi connectivity index (χ2v) is 11.9. The average molecular weight is 509 g/mol. The van der Waals surface area contributed by atoms with Crippen LogP contribution in [-0.2, 0) is 9.59 Å². The highest BCUT2D eigenvalue weighted by molar-refractivity contribution is 8.26. The lowest BCUT2D eigenvalue weighted by Gasteiger charge is -2.55. The third-order valence-corrected chi connectivity index (χ3v) is 9.21. The fraction of sp³-hybridized carbons (Fsp3) is 0.400. The van der Waals surface area contributed by atoms with Gasteiger partial charge in [-0.05, 0) is 92.8 Å². The van der Waals surface area contributed by atoms with Crippen molar-refractivity contribution >= 4 is 51.9 Å². The van der Waals surface area contributed by atoms with Crippen molar-refractivity contribution in [3.8, 4) is 5.69 Å².